The van der Waals surface area contributed by atoms with E-state index in [1.807, 2.05) is 0 Å². The number of ether oxygens (including phenoxy) is 1. The zero-order valence-electron chi connectivity index (χ0n) is 11.9. The largest absolute Gasteiger partial charge is 0.465 e. The zero-order valence-corrected chi connectivity index (χ0v) is 11.9. The van der Waals surface area contributed by atoms with Crippen LogP contribution in [0.25, 0.3) is 0 Å². The molecule has 0 heterocycles. The van der Waals surface area contributed by atoms with Crippen molar-refractivity contribution in [3.63, 3.8) is 0 Å². The molecule has 0 aliphatic carbocycles. The number of amides is 2. The van der Waals surface area contributed by atoms with Crippen LogP contribution in [0.2, 0.25) is 0 Å². The van der Waals surface area contributed by atoms with E-state index in [0.29, 0.717) is 16.8 Å². The van der Waals surface area contributed by atoms with E-state index in [1.165, 1.54) is 25.3 Å². The van der Waals surface area contributed by atoms with E-state index >= 15 is 0 Å². The van der Waals surface area contributed by atoms with Gasteiger partial charge < -0.3 is 15.4 Å². The van der Waals surface area contributed by atoms with Crippen molar-refractivity contribution in [2.45, 2.75) is 6.54 Å². The second kappa shape index (κ2) is 7.21. The molecule has 0 aliphatic rings. The first kappa shape index (κ1) is 15.5. The van der Waals surface area contributed by atoms with Crippen LogP contribution in [0.4, 0.5) is 14.9 Å². The minimum absolute atomic E-state index is 0.195. The smallest absolute Gasteiger partial charge is 0.337 e. The monoisotopic (exact) mass is 302 g/mol. The van der Waals surface area contributed by atoms with Gasteiger partial charge in [0, 0.05) is 12.2 Å². The van der Waals surface area contributed by atoms with Crippen LogP contribution >= 0.6 is 0 Å². The fourth-order valence-corrected chi connectivity index (χ4v) is 1.85. The Morgan fingerprint density at radius 3 is 2.64 bits per heavy atom. The molecule has 0 aromatic heterocycles. The molecular formula is C16H15FN2O3. The number of esters is 1. The van der Waals surface area contributed by atoms with Crippen molar-refractivity contribution in [1.82, 2.24) is 5.32 Å². The molecule has 0 unspecified atom stereocenters. The van der Waals surface area contributed by atoms with E-state index in [1.54, 1.807) is 30.3 Å². The molecule has 0 aliphatic heterocycles. The van der Waals surface area contributed by atoms with E-state index in [-0.39, 0.29) is 12.4 Å². The molecule has 0 bridgehead atoms. The summed E-state index contributed by atoms with van der Waals surface area (Å²) in [6, 6.07) is 11.9. The maximum Gasteiger partial charge on any atom is 0.337 e. The first-order valence-corrected chi connectivity index (χ1v) is 6.56. The Hall–Kier alpha value is -2.89. The van der Waals surface area contributed by atoms with Gasteiger partial charge in [-0.3, -0.25) is 0 Å². The Bertz CT molecular complexity index is 689. The Morgan fingerprint density at radius 1 is 1.14 bits per heavy atom. The lowest BCUT2D eigenvalue weighted by Crippen LogP contribution is -2.28. The average molecular weight is 302 g/mol. The number of hydrogen-bond acceptors (Lipinski definition) is 3. The molecule has 2 rings (SSSR count). The highest BCUT2D eigenvalue weighted by molar-refractivity contribution is 5.93. The molecule has 5 nitrogen and oxygen atoms in total. The zero-order chi connectivity index (χ0) is 15.9. The molecular weight excluding hydrogens is 287 g/mol. The number of carbonyl (C=O) groups is 2. The van der Waals surface area contributed by atoms with Crippen LogP contribution in [-0.4, -0.2) is 19.1 Å². The average Bonchev–Trinajstić information content (AvgIpc) is 2.52. The van der Waals surface area contributed by atoms with Crippen molar-refractivity contribution < 1.29 is 18.7 Å². The number of hydrogen-bond donors (Lipinski definition) is 2. The molecule has 0 saturated heterocycles. The second-order valence-electron chi connectivity index (χ2n) is 4.51. The molecule has 0 fully saturated rings. The highest BCUT2D eigenvalue weighted by atomic mass is 19.1. The third kappa shape index (κ3) is 4.31. The SMILES string of the molecule is COC(=O)c1cccc(NC(=O)NCc2cccc(F)c2)c1. The molecule has 2 N–H and O–H groups in total. The summed E-state index contributed by atoms with van der Waals surface area (Å²) >= 11 is 0. The quantitative estimate of drug-likeness (QED) is 0.853. The summed E-state index contributed by atoms with van der Waals surface area (Å²) in [5, 5.41) is 5.20. The van der Waals surface area contributed by atoms with Gasteiger partial charge in [0.2, 0.25) is 0 Å². The van der Waals surface area contributed by atoms with Gasteiger partial charge in [0.25, 0.3) is 0 Å². The Balaban J connectivity index is 1.93. The topological polar surface area (TPSA) is 67.4 Å². The second-order valence-corrected chi connectivity index (χ2v) is 4.51. The number of benzene rings is 2. The lowest BCUT2D eigenvalue weighted by atomic mass is 10.2. The number of halogens is 1. The first-order valence-electron chi connectivity index (χ1n) is 6.56. The summed E-state index contributed by atoms with van der Waals surface area (Å²) in [6.07, 6.45) is 0. The molecule has 0 atom stereocenters. The minimum Gasteiger partial charge on any atom is -0.465 e. The maximum atomic E-state index is 13.0. The fraction of sp³-hybridized carbons (Fsp3) is 0.125. The van der Waals surface area contributed by atoms with Crippen LogP contribution in [0.15, 0.2) is 48.5 Å². The molecule has 0 saturated carbocycles. The van der Waals surface area contributed by atoms with Gasteiger partial charge in [-0.2, -0.15) is 0 Å². The highest BCUT2D eigenvalue weighted by Crippen LogP contribution is 2.11. The van der Waals surface area contributed by atoms with Gasteiger partial charge in [-0.1, -0.05) is 18.2 Å². The number of nitrogens with one attached hydrogen (secondary N) is 2. The molecule has 0 radical (unpaired) electrons. The number of methoxy groups -OCH3 is 1. The van der Waals surface area contributed by atoms with Crippen molar-refractivity contribution in [2.24, 2.45) is 0 Å². The lowest BCUT2D eigenvalue weighted by Gasteiger charge is -2.08. The molecule has 114 valence electrons. The van der Waals surface area contributed by atoms with Gasteiger partial charge in [-0.25, -0.2) is 14.0 Å². The Morgan fingerprint density at radius 2 is 1.91 bits per heavy atom. The number of carbonyl (C=O) groups excluding carboxylic acids is 2. The Labute approximate surface area is 127 Å². The molecule has 0 spiro atoms. The summed E-state index contributed by atoms with van der Waals surface area (Å²) < 4.78 is 17.6. The van der Waals surface area contributed by atoms with Gasteiger partial charge in [0.1, 0.15) is 5.82 Å². The Kier molecular flexibility index (Phi) is 5.08. The van der Waals surface area contributed by atoms with Crippen molar-refractivity contribution in [1.29, 1.82) is 0 Å². The molecule has 6 heteroatoms. The minimum atomic E-state index is -0.483. The van der Waals surface area contributed by atoms with E-state index in [2.05, 4.69) is 15.4 Å². The third-order valence-corrected chi connectivity index (χ3v) is 2.88. The number of rotatable bonds is 4. The van der Waals surface area contributed by atoms with Crippen LogP contribution in [0.5, 0.6) is 0 Å². The van der Waals surface area contributed by atoms with Gasteiger partial charge in [0.15, 0.2) is 0 Å². The molecule has 2 aromatic carbocycles. The first-order chi connectivity index (χ1) is 10.6. The molecule has 2 aromatic rings. The van der Waals surface area contributed by atoms with Crippen LogP contribution in [0.1, 0.15) is 15.9 Å². The third-order valence-electron chi connectivity index (χ3n) is 2.88. The molecule has 2 amide bonds. The molecule has 22 heavy (non-hydrogen) atoms. The number of anilines is 1. The predicted octanol–water partition coefficient (Wildman–Crippen LogP) is 2.93. The van der Waals surface area contributed by atoms with Crippen molar-refractivity contribution in [2.75, 3.05) is 12.4 Å². The van der Waals surface area contributed by atoms with Gasteiger partial charge in [-0.15, -0.1) is 0 Å². The van der Waals surface area contributed by atoms with Gasteiger partial charge in [-0.05, 0) is 35.9 Å². The van der Waals surface area contributed by atoms with Gasteiger partial charge in [0.05, 0.1) is 12.7 Å². The van der Waals surface area contributed by atoms with Gasteiger partial charge >= 0.3 is 12.0 Å². The van der Waals surface area contributed by atoms with Crippen molar-refractivity contribution in [3.05, 3.63) is 65.5 Å². The van der Waals surface area contributed by atoms with Crippen LogP contribution in [0.3, 0.4) is 0 Å². The van der Waals surface area contributed by atoms with Crippen molar-refractivity contribution >= 4 is 17.7 Å². The summed E-state index contributed by atoms with van der Waals surface area (Å²) in [5.74, 6) is -0.839. The van der Waals surface area contributed by atoms with Crippen LogP contribution in [-0.2, 0) is 11.3 Å². The van der Waals surface area contributed by atoms with Crippen molar-refractivity contribution in [3.8, 4) is 0 Å². The summed E-state index contributed by atoms with van der Waals surface area (Å²) in [6.45, 7) is 0.195. The highest BCUT2D eigenvalue weighted by Gasteiger charge is 2.07. The van der Waals surface area contributed by atoms with E-state index in [4.69, 9.17) is 0 Å². The maximum absolute atomic E-state index is 13.0. The summed E-state index contributed by atoms with van der Waals surface area (Å²) in [5.41, 5.74) is 1.45. The van der Waals surface area contributed by atoms with E-state index < -0.39 is 12.0 Å². The standard InChI is InChI=1S/C16H15FN2O3/c1-22-15(20)12-5-3-7-14(9-12)19-16(21)18-10-11-4-2-6-13(17)8-11/h2-9H,10H2,1H3,(H2,18,19,21). The van der Waals surface area contributed by atoms with Crippen LogP contribution in [0, 0.1) is 5.82 Å². The van der Waals surface area contributed by atoms with Crippen LogP contribution < -0.4 is 10.6 Å². The number of urea groups is 1. The lowest BCUT2D eigenvalue weighted by molar-refractivity contribution is 0.0600. The fourth-order valence-electron chi connectivity index (χ4n) is 1.85. The summed E-state index contributed by atoms with van der Waals surface area (Å²) in [7, 11) is 1.29. The predicted molar refractivity (Wildman–Crippen MR) is 80.0 cm³/mol. The normalized spacial score (nSPS) is 9.91. The summed E-state index contributed by atoms with van der Waals surface area (Å²) in [4.78, 5) is 23.2. The van der Waals surface area contributed by atoms with E-state index in [9.17, 15) is 14.0 Å². The van der Waals surface area contributed by atoms with E-state index in [0.717, 1.165) is 0 Å².